The Morgan fingerprint density at radius 3 is 1.73 bits per heavy atom. The van der Waals surface area contributed by atoms with Gasteiger partial charge in [0.25, 0.3) is 0 Å². The molecule has 0 saturated heterocycles. The lowest BCUT2D eigenvalue weighted by molar-refractivity contribution is -0.143. The monoisotopic (exact) mass is 600 g/mol. The molecule has 236 valence electrons. The van der Waals surface area contributed by atoms with Gasteiger partial charge in [0.2, 0.25) is 11.6 Å². The standard InChI is InChI=1S/C20H22O3.C18H26O3/c1-3-4-15-20(23-2,18(21)16-11-7-5-8-12-16)19(22)17-13-9-6-10-14-17;1-4-6-7-8-16(5-2)21-18(19)14-11-15-9-12-17(20-3)13-10-15/h5-14H,3-4,15H2,1-2H3;9-14,16H,4-8H2,1-3H3. The summed E-state index contributed by atoms with van der Waals surface area (Å²) in [5.74, 6) is -0.0170. The fourth-order valence-electron chi connectivity index (χ4n) is 4.74. The van der Waals surface area contributed by atoms with Crippen LogP contribution in [0.4, 0.5) is 0 Å². The molecule has 0 fully saturated rings. The van der Waals surface area contributed by atoms with Crippen molar-refractivity contribution >= 4 is 23.6 Å². The van der Waals surface area contributed by atoms with E-state index >= 15 is 0 Å². The molecule has 0 radical (unpaired) electrons. The highest BCUT2D eigenvalue weighted by atomic mass is 16.5. The molecule has 3 rings (SSSR count). The Morgan fingerprint density at radius 2 is 1.27 bits per heavy atom. The minimum atomic E-state index is -1.46. The van der Waals surface area contributed by atoms with E-state index in [0.29, 0.717) is 17.5 Å². The maximum atomic E-state index is 13.1. The molecule has 3 aromatic carbocycles. The third-order valence-corrected chi connectivity index (χ3v) is 7.43. The van der Waals surface area contributed by atoms with Crippen molar-refractivity contribution in [1.29, 1.82) is 0 Å². The summed E-state index contributed by atoms with van der Waals surface area (Å²) >= 11 is 0. The van der Waals surface area contributed by atoms with E-state index in [4.69, 9.17) is 14.2 Å². The molecule has 0 saturated carbocycles. The van der Waals surface area contributed by atoms with Crippen LogP contribution in [-0.2, 0) is 14.3 Å². The lowest BCUT2D eigenvalue weighted by Gasteiger charge is -2.29. The van der Waals surface area contributed by atoms with Crippen molar-refractivity contribution in [1.82, 2.24) is 0 Å². The van der Waals surface area contributed by atoms with Gasteiger partial charge in [-0.25, -0.2) is 4.79 Å². The molecular formula is C38H48O6. The highest BCUT2D eigenvalue weighted by molar-refractivity contribution is 6.22. The van der Waals surface area contributed by atoms with Crippen LogP contribution in [-0.4, -0.2) is 43.5 Å². The van der Waals surface area contributed by atoms with E-state index in [2.05, 4.69) is 13.8 Å². The second-order valence-corrected chi connectivity index (χ2v) is 10.6. The number of hydrogen-bond acceptors (Lipinski definition) is 6. The highest BCUT2D eigenvalue weighted by Gasteiger charge is 2.46. The Kier molecular flexibility index (Phi) is 16.5. The van der Waals surface area contributed by atoms with Crippen molar-refractivity contribution in [2.24, 2.45) is 0 Å². The smallest absolute Gasteiger partial charge is 0.331 e. The molecule has 0 aromatic heterocycles. The van der Waals surface area contributed by atoms with Crippen LogP contribution in [0.3, 0.4) is 0 Å². The van der Waals surface area contributed by atoms with Gasteiger partial charge in [0.15, 0.2) is 5.60 Å². The van der Waals surface area contributed by atoms with Gasteiger partial charge in [-0.1, -0.05) is 113 Å². The molecule has 0 heterocycles. The number of ether oxygens (including phenoxy) is 3. The summed E-state index contributed by atoms with van der Waals surface area (Å²) in [7, 11) is 3.07. The topological polar surface area (TPSA) is 78.9 Å². The van der Waals surface area contributed by atoms with Gasteiger partial charge in [-0.2, -0.15) is 0 Å². The molecule has 1 unspecified atom stereocenters. The van der Waals surface area contributed by atoms with Crippen LogP contribution in [0.25, 0.3) is 6.08 Å². The molecule has 0 aliphatic carbocycles. The SMILES string of the molecule is CCCCC(OC)(C(=O)c1ccccc1)C(=O)c1ccccc1.CCCCCC(CC)OC(=O)C=Cc1ccc(OC)cc1. The number of carbonyl (C=O) groups excluding carboxylic acids is 3. The lowest BCUT2D eigenvalue weighted by Crippen LogP contribution is -2.48. The van der Waals surface area contributed by atoms with E-state index < -0.39 is 5.60 Å². The minimum Gasteiger partial charge on any atom is -0.497 e. The molecule has 6 heteroatoms. The van der Waals surface area contributed by atoms with Gasteiger partial charge in [0.1, 0.15) is 11.9 Å². The third-order valence-electron chi connectivity index (χ3n) is 7.43. The summed E-state index contributed by atoms with van der Waals surface area (Å²) in [6.45, 7) is 6.25. The molecule has 44 heavy (non-hydrogen) atoms. The molecule has 0 aliphatic rings. The Hall–Kier alpha value is -4.03. The number of hydrogen-bond donors (Lipinski definition) is 0. The highest BCUT2D eigenvalue weighted by Crippen LogP contribution is 2.28. The third kappa shape index (κ3) is 11.2. The Labute approximate surface area is 263 Å². The van der Waals surface area contributed by atoms with Gasteiger partial charge in [0.05, 0.1) is 7.11 Å². The van der Waals surface area contributed by atoms with Crippen LogP contribution < -0.4 is 4.74 Å². The van der Waals surface area contributed by atoms with Crippen LogP contribution in [0.1, 0.15) is 98.4 Å². The van der Waals surface area contributed by atoms with Crippen LogP contribution in [0.5, 0.6) is 5.75 Å². The van der Waals surface area contributed by atoms with E-state index in [0.717, 1.165) is 43.4 Å². The first kappa shape index (κ1) is 36.2. The molecule has 6 nitrogen and oxygen atoms in total. The fraction of sp³-hybridized carbons (Fsp3) is 0.395. The average molecular weight is 601 g/mol. The Morgan fingerprint density at radius 1 is 0.727 bits per heavy atom. The summed E-state index contributed by atoms with van der Waals surface area (Å²) < 4.78 is 16.1. The van der Waals surface area contributed by atoms with Crippen molar-refractivity contribution in [3.05, 3.63) is 108 Å². The number of rotatable bonds is 17. The number of esters is 1. The van der Waals surface area contributed by atoms with Gasteiger partial charge in [-0.05, 0) is 55.9 Å². The molecule has 0 aliphatic heterocycles. The first-order chi connectivity index (χ1) is 21.3. The number of unbranched alkanes of at least 4 members (excludes halogenated alkanes) is 3. The van der Waals surface area contributed by atoms with Gasteiger partial charge in [0, 0.05) is 24.3 Å². The van der Waals surface area contributed by atoms with Crippen molar-refractivity contribution < 1.29 is 28.6 Å². The van der Waals surface area contributed by atoms with E-state index in [-0.39, 0.29) is 23.6 Å². The number of Topliss-reactive ketones (excluding diaryl/α,β-unsaturated/α-hetero) is 2. The van der Waals surface area contributed by atoms with Gasteiger partial charge in [-0.15, -0.1) is 0 Å². The molecule has 0 amide bonds. The first-order valence-electron chi connectivity index (χ1n) is 15.6. The fourth-order valence-corrected chi connectivity index (χ4v) is 4.74. The largest absolute Gasteiger partial charge is 0.497 e. The van der Waals surface area contributed by atoms with Crippen LogP contribution >= 0.6 is 0 Å². The summed E-state index contributed by atoms with van der Waals surface area (Å²) in [4.78, 5) is 38.0. The van der Waals surface area contributed by atoms with Crippen molar-refractivity contribution in [2.45, 2.75) is 83.8 Å². The molecular weight excluding hydrogens is 552 g/mol. The second-order valence-electron chi connectivity index (χ2n) is 10.6. The van der Waals surface area contributed by atoms with Crippen LogP contribution in [0.15, 0.2) is 91.0 Å². The predicted octanol–water partition coefficient (Wildman–Crippen LogP) is 8.94. The second kappa shape index (κ2) is 20.0. The van der Waals surface area contributed by atoms with Gasteiger partial charge >= 0.3 is 5.97 Å². The zero-order valence-corrected chi connectivity index (χ0v) is 26.9. The number of benzene rings is 3. The quantitative estimate of drug-likeness (QED) is 0.0506. The van der Waals surface area contributed by atoms with Gasteiger partial charge in [-0.3, -0.25) is 9.59 Å². The zero-order valence-electron chi connectivity index (χ0n) is 26.9. The minimum absolute atomic E-state index is 0.0320. The lowest BCUT2D eigenvalue weighted by atomic mass is 9.81. The van der Waals surface area contributed by atoms with Crippen molar-refractivity contribution in [3.63, 3.8) is 0 Å². The Bertz CT molecular complexity index is 1230. The molecule has 0 N–H and O–H groups in total. The van der Waals surface area contributed by atoms with Gasteiger partial charge < -0.3 is 14.2 Å². The predicted molar refractivity (Wildman–Crippen MR) is 177 cm³/mol. The molecule has 0 bridgehead atoms. The summed E-state index contributed by atoms with van der Waals surface area (Å²) in [6, 6.07) is 25.3. The van der Waals surface area contributed by atoms with Crippen LogP contribution in [0, 0.1) is 0 Å². The maximum absolute atomic E-state index is 13.1. The van der Waals surface area contributed by atoms with E-state index in [9.17, 15) is 14.4 Å². The van der Waals surface area contributed by atoms with E-state index in [1.165, 1.54) is 26.0 Å². The first-order valence-corrected chi connectivity index (χ1v) is 15.6. The molecule has 3 aromatic rings. The van der Waals surface area contributed by atoms with Crippen molar-refractivity contribution in [3.8, 4) is 5.75 Å². The Balaban J connectivity index is 0.000000308. The maximum Gasteiger partial charge on any atom is 0.331 e. The van der Waals surface area contributed by atoms with Crippen molar-refractivity contribution in [2.75, 3.05) is 14.2 Å². The summed E-state index contributed by atoms with van der Waals surface area (Å²) in [5.41, 5.74) is 0.481. The van der Waals surface area contributed by atoms with Crippen LogP contribution in [0.2, 0.25) is 0 Å². The number of carbonyl (C=O) groups is 3. The number of ketones is 2. The summed E-state index contributed by atoms with van der Waals surface area (Å²) in [6.07, 6.45) is 10.6. The molecule has 1 atom stereocenters. The average Bonchev–Trinajstić information content (AvgIpc) is 3.08. The number of methoxy groups -OCH3 is 2. The normalized spacial score (nSPS) is 11.8. The molecule has 0 spiro atoms. The zero-order chi connectivity index (χ0) is 32.2. The van der Waals surface area contributed by atoms with E-state index in [1.807, 2.05) is 43.3 Å². The summed E-state index contributed by atoms with van der Waals surface area (Å²) in [5, 5.41) is 0. The van der Waals surface area contributed by atoms with E-state index in [1.54, 1.807) is 61.7 Å².